The van der Waals surface area contributed by atoms with Crippen LogP contribution in [0.3, 0.4) is 0 Å². The van der Waals surface area contributed by atoms with E-state index in [0.717, 1.165) is 36.1 Å². The molecule has 0 saturated heterocycles. The number of primary amides is 1. The molecule has 0 atom stereocenters. The van der Waals surface area contributed by atoms with E-state index in [2.05, 4.69) is 15.0 Å². The fourth-order valence-electron chi connectivity index (χ4n) is 3.50. The molecular formula is C23H19F3N4O3. The van der Waals surface area contributed by atoms with Crippen LogP contribution in [-0.2, 0) is 11.0 Å². The van der Waals surface area contributed by atoms with Gasteiger partial charge >= 0.3 is 6.18 Å². The average molecular weight is 456 g/mol. The number of aromatic nitrogens is 3. The van der Waals surface area contributed by atoms with Crippen molar-refractivity contribution in [2.75, 3.05) is 0 Å². The van der Waals surface area contributed by atoms with E-state index in [9.17, 15) is 23.1 Å². The Balaban J connectivity index is 1.32. The van der Waals surface area contributed by atoms with Crippen molar-refractivity contribution >= 4 is 11.7 Å². The number of halogens is 3. The smallest absolute Gasteiger partial charge is 0.433 e. The van der Waals surface area contributed by atoms with Crippen molar-refractivity contribution in [3.63, 3.8) is 0 Å². The maximum atomic E-state index is 12.7. The summed E-state index contributed by atoms with van der Waals surface area (Å²) < 4.78 is 43.8. The molecule has 10 heteroatoms. The summed E-state index contributed by atoms with van der Waals surface area (Å²) in [4.78, 5) is 22.4. The Labute approximate surface area is 186 Å². The van der Waals surface area contributed by atoms with Gasteiger partial charge in [0.05, 0.1) is 12.4 Å². The topological polar surface area (TPSA) is 111 Å². The predicted molar refractivity (Wildman–Crippen MR) is 113 cm³/mol. The Morgan fingerprint density at radius 2 is 1.70 bits per heavy atom. The number of carbonyl (C=O) groups is 1. The van der Waals surface area contributed by atoms with E-state index in [-0.39, 0.29) is 17.6 Å². The Bertz CT molecular complexity index is 1160. The lowest BCUT2D eigenvalue weighted by molar-refractivity contribution is -0.141. The normalized spacial score (nSPS) is 18.5. The van der Waals surface area contributed by atoms with Crippen LogP contribution in [0, 0.1) is 0 Å². The molecule has 1 amide bonds. The van der Waals surface area contributed by atoms with Crippen molar-refractivity contribution in [1.82, 2.24) is 15.0 Å². The van der Waals surface area contributed by atoms with Gasteiger partial charge < -0.3 is 15.6 Å². The number of amides is 1. The number of aliphatic hydroxyl groups is 1. The van der Waals surface area contributed by atoms with Crippen LogP contribution in [0.1, 0.15) is 35.7 Å². The van der Waals surface area contributed by atoms with E-state index in [4.69, 9.17) is 10.5 Å². The highest BCUT2D eigenvalue weighted by Crippen LogP contribution is 2.39. The van der Waals surface area contributed by atoms with Crippen LogP contribution in [-0.4, -0.2) is 32.1 Å². The van der Waals surface area contributed by atoms with Crippen LogP contribution < -0.4 is 10.5 Å². The molecule has 7 nitrogen and oxygen atoms in total. The van der Waals surface area contributed by atoms with E-state index in [0.29, 0.717) is 17.4 Å². The van der Waals surface area contributed by atoms with Crippen LogP contribution in [0.15, 0.2) is 61.1 Å². The number of hydrogen-bond acceptors (Lipinski definition) is 6. The number of nitrogens with two attached hydrogens (primary N) is 1. The first kappa shape index (κ1) is 22.3. The Morgan fingerprint density at radius 3 is 2.24 bits per heavy atom. The molecule has 1 aliphatic carbocycles. The first-order valence-corrected chi connectivity index (χ1v) is 10.0. The first-order valence-electron chi connectivity index (χ1n) is 10.0. The summed E-state index contributed by atoms with van der Waals surface area (Å²) in [7, 11) is 0. The Hall–Kier alpha value is -3.95. The van der Waals surface area contributed by atoms with Gasteiger partial charge in [0.25, 0.3) is 0 Å². The van der Waals surface area contributed by atoms with Gasteiger partial charge in [-0.15, -0.1) is 0 Å². The third kappa shape index (κ3) is 5.28. The van der Waals surface area contributed by atoms with Gasteiger partial charge in [-0.05, 0) is 36.0 Å². The largest absolute Gasteiger partial charge is 0.505 e. The van der Waals surface area contributed by atoms with E-state index in [1.165, 1.54) is 24.7 Å². The van der Waals surface area contributed by atoms with Crippen molar-refractivity contribution < 1.29 is 27.8 Å². The van der Waals surface area contributed by atoms with Crippen LogP contribution >= 0.6 is 0 Å². The minimum atomic E-state index is -4.46. The second-order valence-corrected chi connectivity index (χ2v) is 7.63. The molecule has 2 aromatic heterocycles. The summed E-state index contributed by atoms with van der Waals surface area (Å²) in [5, 5.41) is 9.69. The second kappa shape index (κ2) is 8.89. The highest BCUT2D eigenvalue weighted by atomic mass is 19.4. The number of alkyl halides is 3. The number of benzene rings is 1. The van der Waals surface area contributed by atoms with Crippen molar-refractivity contribution in [3.8, 4) is 17.0 Å². The average Bonchev–Trinajstić information content (AvgIpc) is 2.75. The summed E-state index contributed by atoms with van der Waals surface area (Å²) in [5.74, 6) is -0.566. The highest BCUT2D eigenvalue weighted by molar-refractivity contribution is 5.91. The third-order valence-electron chi connectivity index (χ3n) is 5.32. The molecule has 1 saturated carbocycles. The minimum Gasteiger partial charge on any atom is -0.505 e. The third-order valence-corrected chi connectivity index (χ3v) is 5.32. The van der Waals surface area contributed by atoms with E-state index in [1.807, 2.05) is 24.3 Å². The molecule has 1 fully saturated rings. The quantitative estimate of drug-likeness (QED) is 0.423. The molecular weight excluding hydrogens is 437 g/mol. The van der Waals surface area contributed by atoms with Crippen molar-refractivity contribution in [2.45, 2.75) is 31.0 Å². The number of carbonyl (C=O) groups excluding carboxylic acids is 1. The molecule has 0 aliphatic heterocycles. The van der Waals surface area contributed by atoms with Gasteiger partial charge in [0, 0.05) is 17.8 Å². The zero-order valence-electron chi connectivity index (χ0n) is 17.2. The van der Waals surface area contributed by atoms with Gasteiger partial charge in [-0.3, -0.25) is 9.78 Å². The zero-order chi connectivity index (χ0) is 23.6. The van der Waals surface area contributed by atoms with Gasteiger partial charge in [-0.2, -0.15) is 13.2 Å². The van der Waals surface area contributed by atoms with Crippen LogP contribution in [0.4, 0.5) is 13.2 Å². The molecule has 3 N–H and O–H groups in total. The van der Waals surface area contributed by atoms with Crippen LogP contribution in [0.25, 0.3) is 16.9 Å². The number of ether oxygens (including phenoxy) is 1. The number of pyridine rings is 1. The number of nitrogens with zero attached hydrogens (tertiary/aromatic N) is 3. The van der Waals surface area contributed by atoms with Gasteiger partial charge in [-0.1, -0.05) is 30.3 Å². The van der Waals surface area contributed by atoms with Gasteiger partial charge in [0.2, 0.25) is 11.8 Å². The van der Waals surface area contributed by atoms with E-state index >= 15 is 0 Å². The molecule has 33 heavy (non-hydrogen) atoms. The summed E-state index contributed by atoms with van der Waals surface area (Å²) in [6.45, 7) is 0. The van der Waals surface area contributed by atoms with Crippen molar-refractivity contribution in [2.24, 2.45) is 5.73 Å². The van der Waals surface area contributed by atoms with Gasteiger partial charge in [0.15, 0.2) is 0 Å². The zero-order valence-corrected chi connectivity index (χ0v) is 17.2. The minimum absolute atomic E-state index is 0.0382. The predicted octanol–water partition coefficient (Wildman–Crippen LogP) is 4.27. The summed E-state index contributed by atoms with van der Waals surface area (Å²) in [6, 6.07) is 10.0. The van der Waals surface area contributed by atoms with Crippen LogP contribution in [0.2, 0.25) is 0 Å². The maximum Gasteiger partial charge on any atom is 0.433 e. The molecule has 0 bridgehead atoms. The fourth-order valence-corrected chi connectivity index (χ4v) is 3.50. The second-order valence-electron chi connectivity index (χ2n) is 7.63. The highest BCUT2D eigenvalue weighted by Gasteiger charge is 2.33. The van der Waals surface area contributed by atoms with Crippen LogP contribution in [0.5, 0.6) is 5.88 Å². The SMILES string of the molecule is NC(=O)/C=C(\O)c1cnc(O[C@H]2C[C@@H](c3ccc(-c4ccc(C(F)(F)F)nc4)cc3)C2)cn1. The lowest BCUT2D eigenvalue weighted by atomic mass is 9.77. The monoisotopic (exact) mass is 456 g/mol. The Kier molecular flexibility index (Phi) is 5.99. The molecule has 4 rings (SSSR count). The van der Waals surface area contributed by atoms with Gasteiger partial charge in [-0.25, -0.2) is 9.97 Å². The maximum absolute atomic E-state index is 12.7. The molecule has 1 aromatic carbocycles. The van der Waals surface area contributed by atoms with Crippen molar-refractivity contribution in [1.29, 1.82) is 0 Å². The lowest BCUT2D eigenvalue weighted by Crippen LogP contribution is -2.32. The molecule has 0 radical (unpaired) electrons. The molecule has 2 heterocycles. The number of hydrogen-bond donors (Lipinski definition) is 2. The summed E-state index contributed by atoms with van der Waals surface area (Å²) in [6.07, 6.45) is 1.78. The molecule has 0 unspecified atom stereocenters. The van der Waals surface area contributed by atoms with Crippen molar-refractivity contribution in [3.05, 3.63) is 78.0 Å². The number of aliphatic hydroxyl groups excluding tert-OH is 1. The molecule has 170 valence electrons. The van der Waals surface area contributed by atoms with E-state index in [1.54, 1.807) is 0 Å². The molecule has 1 aliphatic rings. The van der Waals surface area contributed by atoms with Gasteiger partial charge in [0.1, 0.15) is 23.3 Å². The molecule has 0 spiro atoms. The number of rotatable bonds is 6. The summed E-state index contributed by atoms with van der Waals surface area (Å²) in [5.41, 5.74) is 6.69. The Morgan fingerprint density at radius 1 is 1.00 bits per heavy atom. The lowest BCUT2D eigenvalue weighted by Gasteiger charge is -2.35. The molecule has 3 aromatic rings. The fraction of sp³-hybridized carbons (Fsp3) is 0.217. The summed E-state index contributed by atoms with van der Waals surface area (Å²) >= 11 is 0. The first-order chi connectivity index (χ1) is 15.7. The standard InChI is InChI=1S/C23H19F3N4O3/c24-23(25,26)20-6-5-15(10-29-20)13-1-3-14(4-2-13)16-7-17(8-16)33-22-12-28-18(11-30-22)19(31)9-21(27)32/h1-6,9-12,16-17,31H,7-8H2,(H2,27,32)/b19-9-/t16-,17+. The van der Waals surface area contributed by atoms with E-state index < -0.39 is 17.8 Å².